The molecule has 3 rings (SSSR count). The highest BCUT2D eigenvalue weighted by atomic mass is 35.5. The molecule has 80 valence electrons. The lowest BCUT2D eigenvalue weighted by Gasteiger charge is -1.95. The van der Waals surface area contributed by atoms with Gasteiger partial charge < -0.3 is 0 Å². The summed E-state index contributed by atoms with van der Waals surface area (Å²) in [5, 5.41) is 0.729. The molecular weight excluding hydrogens is 263 g/mol. The van der Waals surface area contributed by atoms with E-state index in [1.54, 1.807) is 0 Å². The summed E-state index contributed by atoms with van der Waals surface area (Å²) < 4.78 is 2.67. The van der Waals surface area contributed by atoms with Crippen LogP contribution in [0.1, 0.15) is 0 Å². The van der Waals surface area contributed by atoms with Gasteiger partial charge in [0.15, 0.2) is 4.96 Å². The molecule has 0 atom stereocenters. The van der Waals surface area contributed by atoms with Gasteiger partial charge in [0, 0.05) is 23.0 Å². The van der Waals surface area contributed by atoms with E-state index in [0.29, 0.717) is 0 Å². The monoisotopic (exact) mass is 268 g/mol. The molecule has 1 aromatic carbocycles. The second-order valence-corrected chi connectivity index (χ2v) is 5.43. The van der Waals surface area contributed by atoms with Crippen LogP contribution in [0, 0.1) is 0 Å². The average molecular weight is 269 g/mol. The van der Waals surface area contributed by atoms with Crippen LogP contribution in [0.2, 0.25) is 9.36 Å². The molecule has 0 saturated heterocycles. The number of imidazole rings is 1. The Labute approximate surface area is 106 Å². The van der Waals surface area contributed by atoms with E-state index < -0.39 is 0 Å². The summed E-state index contributed by atoms with van der Waals surface area (Å²) >= 11 is 13.2. The second kappa shape index (κ2) is 3.77. The van der Waals surface area contributed by atoms with Gasteiger partial charge in [-0.15, -0.1) is 0 Å². The first kappa shape index (κ1) is 10.1. The van der Waals surface area contributed by atoms with Gasteiger partial charge in [-0.3, -0.25) is 4.40 Å². The molecule has 5 heteroatoms. The fourth-order valence-electron chi connectivity index (χ4n) is 1.53. The minimum absolute atomic E-state index is 0.729. The highest BCUT2D eigenvalue weighted by Crippen LogP contribution is 2.26. The molecule has 0 aliphatic heterocycles. The van der Waals surface area contributed by atoms with Crippen LogP contribution < -0.4 is 0 Å². The van der Waals surface area contributed by atoms with Crippen molar-refractivity contribution in [2.24, 2.45) is 0 Å². The van der Waals surface area contributed by atoms with Crippen LogP contribution in [0.15, 0.2) is 36.7 Å². The van der Waals surface area contributed by atoms with E-state index in [9.17, 15) is 0 Å². The third-order valence-corrected chi connectivity index (χ3v) is 3.63. The number of thiazole rings is 1. The fraction of sp³-hybridized carbons (Fsp3) is 0. The Morgan fingerprint density at radius 1 is 1.06 bits per heavy atom. The zero-order valence-electron chi connectivity index (χ0n) is 8.02. The van der Waals surface area contributed by atoms with Gasteiger partial charge in [0.05, 0.1) is 5.69 Å². The maximum Gasteiger partial charge on any atom is 0.195 e. The predicted molar refractivity (Wildman–Crippen MR) is 68.5 cm³/mol. The van der Waals surface area contributed by atoms with E-state index in [-0.39, 0.29) is 0 Å². The lowest BCUT2D eigenvalue weighted by Crippen LogP contribution is -1.75. The lowest BCUT2D eigenvalue weighted by atomic mass is 10.2. The zero-order chi connectivity index (χ0) is 11.1. The summed E-state index contributed by atoms with van der Waals surface area (Å²) in [5.74, 6) is 0. The molecule has 0 bridgehead atoms. The summed E-state index contributed by atoms with van der Waals surface area (Å²) in [5.41, 5.74) is 1.98. The van der Waals surface area contributed by atoms with Gasteiger partial charge in [0.25, 0.3) is 0 Å². The molecule has 0 N–H and O–H groups in total. The third-order valence-electron chi connectivity index (χ3n) is 2.27. The number of fused-ring (bicyclic) bond motifs is 1. The molecule has 0 saturated carbocycles. The largest absolute Gasteiger partial charge is 0.296 e. The maximum atomic E-state index is 5.88. The van der Waals surface area contributed by atoms with Gasteiger partial charge >= 0.3 is 0 Å². The van der Waals surface area contributed by atoms with Crippen molar-refractivity contribution in [3.05, 3.63) is 46.0 Å². The molecule has 2 heterocycles. The van der Waals surface area contributed by atoms with Gasteiger partial charge in [-0.05, 0) is 12.1 Å². The van der Waals surface area contributed by atoms with Crippen molar-refractivity contribution in [2.45, 2.75) is 0 Å². The van der Waals surface area contributed by atoms with Crippen molar-refractivity contribution < 1.29 is 0 Å². The fourth-order valence-corrected chi connectivity index (χ4v) is 2.66. The highest BCUT2D eigenvalue weighted by molar-refractivity contribution is 7.20. The van der Waals surface area contributed by atoms with Gasteiger partial charge in [0.1, 0.15) is 4.34 Å². The van der Waals surface area contributed by atoms with Crippen LogP contribution in [0.3, 0.4) is 0 Å². The van der Waals surface area contributed by atoms with Crippen LogP contribution in [0.4, 0.5) is 0 Å². The molecule has 0 aliphatic rings. The lowest BCUT2D eigenvalue weighted by molar-refractivity contribution is 1.23. The number of rotatable bonds is 1. The van der Waals surface area contributed by atoms with Crippen molar-refractivity contribution in [3.63, 3.8) is 0 Å². The number of nitrogens with zero attached hydrogens (tertiary/aromatic N) is 2. The Bertz CT molecular complexity index is 608. The molecule has 3 aromatic rings. The summed E-state index contributed by atoms with van der Waals surface area (Å²) in [6.07, 6.45) is 3.81. The van der Waals surface area contributed by atoms with E-state index >= 15 is 0 Å². The standard InChI is InChI=1S/C11H6Cl2N2S/c12-8-3-1-7(2-4-8)9-5-15-6-10(13)16-11(15)14-9/h1-6H. The Kier molecular flexibility index (Phi) is 2.39. The minimum atomic E-state index is 0.729. The molecule has 2 nitrogen and oxygen atoms in total. The normalized spacial score (nSPS) is 11.1. The Morgan fingerprint density at radius 3 is 2.50 bits per heavy atom. The van der Waals surface area contributed by atoms with Crippen molar-refractivity contribution in [1.29, 1.82) is 0 Å². The van der Waals surface area contributed by atoms with Crippen LogP contribution in [0.25, 0.3) is 16.2 Å². The van der Waals surface area contributed by atoms with Gasteiger partial charge in [-0.1, -0.05) is 46.7 Å². The van der Waals surface area contributed by atoms with Crippen molar-refractivity contribution >= 4 is 39.5 Å². The summed E-state index contributed by atoms with van der Waals surface area (Å²) in [7, 11) is 0. The van der Waals surface area contributed by atoms with Crippen molar-refractivity contribution in [1.82, 2.24) is 9.38 Å². The highest BCUT2D eigenvalue weighted by Gasteiger charge is 2.06. The first-order chi connectivity index (χ1) is 7.72. The van der Waals surface area contributed by atoms with Crippen LogP contribution in [-0.2, 0) is 0 Å². The molecule has 0 unspecified atom stereocenters. The molecule has 0 aliphatic carbocycles. The molecular formula is C11H6Cl2N2S. The molecule has 16 heavy (non-hydrogen) atoms. The van der Waals surface area contributed by atoms with Crippen LogP contribution in [0.5, 0.6) is 0 Å². The van der Waals surface area contributed by atoms with E-state index in [1.807, 2.05) is 41.1 Å². The summed E-state index contributed by atoms with van der Waals surface area (Å²) in [6.45, 7) is 0. The third kappa shape index (κ3) is 1.71. The summed E-state index contributed by atoms with van der Waals surface area (Å²) in [4.78, 5) is 5.39. The van der Waals surface area contributed by atoms with Gasteiger partial charge in [-0.25, -0.2) is 4.98 Å². The van der Waals surface area contributed by atoms with E-state index in [4.69, 9.17) is 23.2 Å². The average Bonchev–Trinajstić information content (AvgIpc) is 2.75. The van der Waals surface area contributed by atoms with Crippen molar-refractivity contribution in [3.8, 4) is 11.3 Å². The van der Waals surface area contributed by atoms with E-state index in [2.05, 4.69) is 4.98 Å². The Balaban J connectivity index is 2.11. The number of aromatic nitrogens is 2. The first-order valence-corrected chi connectivity index (χ1v) is 6.19. The van der Waals surface area contributed by atoms with E-state index in [1.165, 1.54) is 11.3 Å². The van der Waals surface area contributed by atoms with Gasteiger partial charge in [-0.2, -0.15) is 0 Å². The number of benzene rings is 1. The SMILES string of the molecule is Clc1ccc(-c2cn3cc(Cl)sc3n2)cc1. The molecule has 2 aromatic heterocycles. The van der Waals surface area contributed by atoms with Crippen LogP contribution in [-0.4, -0.2) is 9.38 Å². The van der Waals surface area contributed by atoms with Crippen molar-refractivity contribution in [2.75, 3.05) is 0 Å². The second-order valence-electron chi connectivity index (χ2n) is 3.36. The smallest absolute Gasteiger partial charge is 0.195 e. The predicted octanol–water partition coefficient (Wildman–Crippen LogP) is 4.37. The Hall–Kier alpha value is -1.03. The zero-order valence-corrected chi connectivity index (χ0v) is 10.4. The molecule has 0 radical (unpaired) electrons. The first-order valence-electron chi connectivity index (χ1n) is 4.62. The molecule has 0 fully saturated rings. The van der Waals surface area contributed by atoms with Gasteiger partial charge in [0.2, 0.25) is 0 Å². The number of hydrogen-bond acceptors (Lipinski definition) is 2. The minimum Gasteiger partial charge on any atom is -0.296 e. The summed E-state index contributed by atoms with van der Waals surface area (Å²) in [6, 6.07) is 7.63. The maximum absolute atomic E-state index is 5.88. The molecule has 0 spiro atoms. The number of hydrogen-bond donors (Lipinski definition) is 0. The topological polar surface area (TPSA) is 17.3 Å². The molecule has 0 amide bonds. The quantitative estimate of drug-likeness (QED) is 0.641. The van der Waals surface area contributed by atoms with Crippen LogP contribution >= 0.6 is 34.5 Å². The Morgan fingerprint density at radius 2 is 1.81 bits per heavy atom. The number of halogens is 2. The van der Waals surface area contributed by atoms with E-state index in [0.717, 1.165) is 25.6 Å².